The Bertz CT molecular complexity index is 293. The summed E-state index contributed by atoms with van der Waals surface area (Å²) in [6.07, 6.45) is 1.13. The van der Waals surface area contributed by atoms with Gasteiger partial charge in [-0.05, 0) is 32.8 Å². The lowest BCUT2D eigenvalue weighted by atomic mass is 10.1. The predicted molar refractivity (Wildman–Crippen MR) is 71.4 cm³/mol. The molecule has 2 heteroatoms. The maximum absolute atomic E-state index is 2.30. The molecule has 0 aliphatic rings. The Labute approximate surface area is 113 Å². The van der Waals surface area contributed by atoms with E-state index in [9.17, 15) is 0 Å². The first kappa shape index (κ1) is 16.5. The first-order chi connectivity index (χ1) is 7.69. The summed E-state index contributed by atoms with van der Waals surface area (Å²) in [6.45, 7) is 14.0. The zero-order valence-electron chi connectivity index (χ0n) is 11.7. The van der Waals surface area contributed by atoms with Gasteiger partial charge in [0.05, 0.1) is 19.6 Å². The maximum atomic E-state index is 2.30. The van der Waals surface area contributed by atoms with E-state index in [0.717, 1.165) is 6.42 Å². The average molecular weight is 256 g/mol. The van der Waals surface area contributed by atoms with Crippen molar-refractivity contribution in [2.45, 2.75) is 40.7 Å². The third kappa shape index (κ3) is 4.33. The molecule has 1 rings (SSSR count). The molecule has 17 heavy (non-hydrogen) atoms. The Morgan fingerprint density at radius 2 is 1.18 bits per heavy atom. The zero-order chi connectivity index (χ0) is 12.0. The van der Waals surface area contributed by atoms with Gasteiger partial charge in [-0.25, -0.2) is 0 Å². The van der Waals surface area contributed by atoms with Crippen LogP contribution in [0, 0.1) is 0 Å². The van der Waals surface area contributed by atoms with Crippen LogP contribution in [-0.4, -0.2) is 24.1 Å². The van der Waals surface area contributed by atoms with E-state index in [1.54, 1.807) is 0 Å². The lowest BCUT2D eigenvalue weighted by Gasteiger charge is -2.35. The van der Waals surface area contributed by atoms with E-state index in [4.69, 9.17) is 0 Å². The summed E-state index contributed by atoms with van der Waals surface area (Å²) in [5.41, 5.74) is 2.91. The van der Waals surface area contributed by atoms with E-state index in [1.165, 1.54) is 41.8 Å². The Balaban J connectivity index is 0.00000256. The van der Waals surface area contributed by atoms with Crippen LogP contribution in [-0.2, 0) is 13.0 Å². The van der Waals surface area contributed by atoms with Crippen molar-refractivity contribution in [1.82, 2.24) is 0 Å². The number of hydrogen-bond acceptors (Lipinski definition) is 0. The van der Waals surface area contributed by atoms with Crippen LogP contribution < -0.4 is 12.4 Å². The summed E-state index contributed by atoms with van der Waals surface area (Å²) in [7, 11) is 0. The Hall–Kier alpha value is -0.530. The number of benzene rings is 1. The first-order valence-electron chi connectivity index (χ1n) is 6.62. The van der Waals surface area contributed by atoms with Crippen molar-refractivity contribution in [3.8, 4) is 0 Å². The van der Waals surface area contributed by atoms with Crippen LogP contribution in [0.2, 0.25) is 0 Å². The van der Waals surface area contributed by atoms with Crippen LogP contribution in [0.15, 0.2) is 24.3 Å². The molecule has 0 saturated carbocycles. The van der Waals surface area contributed by atoms with Crippen LogP contribution >= 0.6 is 0 Å². The van der Waals surface area contributed by atoms with Crippen LogP contribution in [0.3, 0.4) is 0 Å². The summed E-state index contributed by atoms with van der Waals surface area (Å²) in [6, 6.07) is 9.13. The molecule has 0 amide bonds. The molecule has 0 bridgehead atoms. The third-order valence-electron chi connectivity index (χ3n) is 3.96. The normalized spacial score (nSPS) is 11.1. The second kappa shape index (κ2) is 7.73. The third-order valence-corrected chi connectivity index (χ3v) is 3.96. The molecule has 0 atom stereocenters. The summed E-state index contributed by atoms with van der Waals surface area (Å²) >= 11 is 0. The highest BCUT2D eigenvalue weighted by molar-refractivity contribution is 5.21. The minimum absolute atomic E-state index is 0. The number of aryl methyl sites for hydroxylation is 1. The molecule has 1 nitrogen and oxygen atoms in total. The first-order valence-corrected chi connectivity index (χ1v) is 6.62. The van der Waals surface area contributed by atoms with E-state index < -0.39 is 0 Å². The molecule has 0 aliphatic heterocycles. The van der Waals surface area contributed by atoms with Crippen molar-refractivity contribution in [2.75, 3.05) is 19.6 Å². The van der Waals surface area contributed by atoms with E-state index in [2.05, 4.69) is 52.0 Å². The molecular weight excluding hydrogens is 230 g/mol. The zero-order valence-corrected chi connectivity index (χ0v) is 12.4. The van der Waals surface area contributed by atoms with Crippen LogP contribution in [0.1, 0.15) is 38.8 Å². The smallest absolute Gasteiger partial charge is 0.104 e. The monoisotopic (exact) mass is 255 g/mol. The lowest BCUT2D eigenvalue weighted by molar-refractivity contribution is -0.936. The van der Waals surface area contributed by atoms with Crippen molar-refractivity contribution in [1.29, 1.82) is 0 Å². The van der Waals surface area contributed by atoms with Gasteiger partial charge in [-0.3, -0.25) is 0 Å². The number of rotatable bonds is 6. The molecule has 0 N–H and O–H groups in total. The standard InChI is InChI=1S/C15H26N.ClH/c1-5-14-9-11-15(12-10-14)13-16(6-2,7-3)8-4;/h9-12H,5-8,13H2,1-4H3;1H/q+1;/p-1. The molecule has 0 fully saturated rings. The van der Waals surface area contributed by atoms with Gasteiger partial charge in [0.2, 0.25) is 0 Å². The van der Waals surface area contributed by atoms with E-state index in [-0.39, 0.29) is 12.4 Å². The fraction of sp³-hybridized carbons (Fsp3) is 0.600. The van der Waals surface area contributed by atoms with Crippen molar-refractivity contribution in [3.05, 3.63) is 35.4 Å². The number of nitrogens with zero attached hydrogens (tertiary/aromatic N) is 1. The fourth-order valence-electron chi connectivity index (χ4n) is 2.27. The van der Waals surface area contributed by atoms with Gasteiger partial charge in [-0.2, -0.15) is 0 Å². The molecule has 0 aliphatic carbocycles. The molecule has 0 spiro atoms. The van der Waals surface area contributed by atoms with E-state index in [1.807, 2.05) is 0 Å². The second-order valence-corrected chi connectivity index (χ2v) is 4.62. The molecule has 0 aromatic heterocycles. The highest BCUT2D eigenvalue weighted by Gasteiger charge is 2.20. The average Bonchev–Trinajstić information content (AvgIpc) is 2.37. The Morgan fingerprint density at radius 1 is 0.765 bits per heavy atom. The minimum atomic E-state index is 0. The second-order valence-electron chi connectivity index (χ2n) is 4.62. The van der Waals surface area contributed by atoms with Gasteiger partial charge in [0.15, 0.2) is 0 Å². The molecule has 0 saturated heterocycles. The SMILES string of the molecule is CCc1ccc(C[N+](CC)(CC)CC)cc1.[Cl-]. The van der Waals surface area contributed by atoms with Crippen molar-refractivity contribution < 1.29 is 16.9 Å². The summed E-state index contributed by atoms with van der Waals surface area (Å²) < 4.78 is 1.20. The molecule has 98 valence electrons. The summed E-state index contributed by atoms with van der Waals surface area (Å²) in [5, 5.41) is 0. The Kier molecular flexibility index (Phi) is 7.49. The largest absolute Gasteiger partial charge is 1.00 e. The molecule has 0 heterocycles. The number of quaternary nitrogens is 1. The lowest BCUT2D eigenvalue weighted by Crippen LogP contribution is -3.00. The molecule has 1 aromatic rings. The van der Waals surface area contributed by atoms with Crippen LogP contribution in [0.5, 0.6) is 0 Å². The molecule has 0 unspecified atom stereocenters. The van der Waals surface area contributed by atoms with Gasteiger partial charge in [0.25, 0.3) is 0 Å². The topological polar surface area (TPSA) is 0 Å². The van der Waals surface area contributed by atoms with Crippen molar-refractivity contribution >= 4 is 0 Å². The predicted octanol–water partition coefficient (Wildman–Crippen LogP) is 0.630. The number of hydrogen-bond donors (Lipinski definition) is 0. The summed E-state index contributed by atoms with van der Waals surface area (Å²) in [4.78, 5) is 0. The Morgan fingerprint density at radius 3 is 1.53 bits per heavy atom. The quantitative estimate of drug-likeness (QED) is 0.655. The fourth-order valence-corrected chi connectivity index (χ4v) is 2.27. The van der Waals surface area contributed by atoms with Crippen LogP contribution in [0.25, 0.3) is 0 Å². The maximum Gasteiger partial charge on any atom is 0.104 e. The number of halogens is 1. The minimum Gasteiger partial charge on any atom is -1.00 e. The molecular formula is C15H26ClN. The van der Waals surface area contributed by atoms with Crippen molar-refractivity contribution in [3.63, 3.8) is 0 Å². The van der Waals surface area contributed by atoms with Gasteiger partial charge in [-0.15, -0.1) is 0 Å². The van der Waals surface area contributed by atoms with Gasteiger partial charge in [0.1, 0.15) is 6.54 Å². The summed E-state index contributed by atoms with van der Waals surface area (Å²) in [5.74, 6) is 0. The molecule has 0 radical (unpaired) electrons. The van der Waals surface area contributed by atoms with Gasteiger partial charge in [0, 0.05) is 5.56 Å². The van der Waals surface area contributed by atoms with Crippen molar-refractivity contribution in [2.24, 2.45) is 0 Å². The highest BCUT2D eigenvalue weighted by Crippen LogP contribution is 2.15. The van der Waals surface area contributed by atoms with Gasteiger partial charge < -0.3 is 16.9 Å². The van der Waals surface area contributed by atoms with Gasteiger partial charge >= 0.3 is 0 Å². The molecule has 1 aromatic carbocycles. The van der Waals surface area contributed by atoms with E-state index in [0.29, 0.717) is 0 Å². The van der Waals surface area contributed by atoms with E-state index >= 15 is 0 Å². The highest BCUT2D eigenvalue weighted by atomic mass is 35.5. The van der Waals surface area contributed by atoms with Gasteiger partial charge in [-0.1, -0.05) is 31.2 Å². The van der Waals surface area contributed by atoms with Crippen LogP contribution in [0.4, 0.5) is 0 Å².